The second-order valence-electron chi connectivity index (χ2n) is 6.72. The Morgan fingerprint density at radius 3 is 2.77 bits per heavy atom. The molecule has 0 aliphatic rings. The molecule has 4 aromatic rings. The number of hydrogen-bond acceptors (Lipinski definition) is 6. The van der Waals surface area contributed by atoms with Crippen molar-refractivity contribution in [2.75, 3.05) is 6.61 Å². The van der Waals surface area contributed by atoms with E-state index >= 15 is 0 Å². The molecule has 7 heteroatoms. The Hall–Kier alpha value is -3.32. The predicted octanol–water partition coefficient (Wildman–Crippen LogP) is 6.13. The number of aryl methyl sites for hydroxylation is 1. The average molecular weight is 467 g/mol. The number of oxazole rings is 1. The smallest absolute Gasteiger partial charge is 0.231 e. The largest absolute Gasteiger partial charge is 0.507 e. The number of halogens is 1. The Morgan fingerprint density at radius 1 is 1.13 bits per heavy atom. The van der Waals surface area contributed by atoms with Gasteiger partial charge in [-0.3, -0.25) is 4.99 Å². The van der Waals surface area contributed by atoms with Gasteiger partial charge in [-0.15, -0.1) is 0 Å². The van der Waals surface area contributed by atoms with Gasteiger partial charge in [-0.2, -0.15) is 0 Å². The maximum atomic E-state index is 10.4. The molecule has 4 rings (SSSR count). The molecular weight excluding hydrogens is 448 g/mol. The highest BCUT2D eigenvalue weighted by Gasteiger charge is 2.14. The number of aromatic nitrogens is 1. The molecule has 1 aromatic heterocycles. The molecule has 0 fully saturated rings. The van der Waals surface area contributed by atoms with Crippen LogP contribution in [0.1, 0.15) is 18.1 Å². The lowest BCUT2D eigenvalue weighted by atomic mass is 10.1. The van der Waals surface area contributed by atoms with Crippen LogP contribution in [-0.4, -0.2) is 28.0 Å². The minimum atomic E-state index is 0.0112. The van der Waals surface area contributed by atoms with Gasteiger partial charge >= 0.3 is 0 Å². The van der Waals surface area contributed by atoms with Gasteiger partial charge in [0.05, 0.1) is 17.9 Å². The number of phenols is 2. The highest BCUT2D eigenvalue weighted by atomic mass is 79.9. The molecule has 0 aliphatic carbocycles. The van der Waals surface area contributed by atoms with Crippen LogP contribution in [0, 0.1) is 6.92 Å². The van der Waals surface area contributed by atoms with Crippen molar-refractivity contribution in [1.29, 1.82) is 0 Å². The molecule has 1 heterocycles. The first kappa shape index (κ1) is 20.0. The fraction of sp³-hybridized carbons (Fsp3) is 0.130. The van der Waals surface area contributed by atoms with E-state index in [4.69, 9.17) is 9.15 Å². The molecule has 2 N–H and O–H groups in total. The molecule has 0 radical (unpaired) electrons. The molecule has 6 nitrogen and oxygen atoms in total. The van der Waals surface area contributed by atoms with Crippen LogP contribution in [0.5, 0.6) is 17.2 Å². The van der Waals surface area contributed by atoms with Crippen molar-refractivity contribution in [3.8, 4) is 28.7 Å². The molecule has 0 atom stereocenters. The van der Waals surface area contributed by atoms with Gasteiger partial charge in [0.1, 0.15) is 11.3 Å². The summed E-state index contributed by atoms with van der Waals surface area (Å²) in [6.45, 7) is 4.26. The van der Waals surface area contributed by atoms with E-state index in [-0.39, 0.29) is 11.5 Å². The monoisotopic (exact) mass is 466 g/mol. The van der Waals surface area contributed by atoms with Crippen LogP contribution in [0.25, 0.3) is 22.6 Å². The van der Waals surface area contributed by atoms with Gasteiger partial charge in [-0.05, 0) is 61.9 Å². The minimum absolute atomic E-state index is 0.0112. The summed E-state index contributed by atoms with van der Waals surface area (Å²) >= 11 is 3.41. The first-order valence-corrected chi connectivity index (χ1v) is 10.1. The molecule has 0 unspecified atom stereocenters. The zero-order valence-corrected chi connectivity index (χ0v) is 18.0. The SMILES string of the molecule is CCOc1cc(Br)cc(C=Nc2ccc(O)c(-c3nc4cc(C)ccc4o3)c2)c1O. The maximum Gasteiger partial charge on any atom is 0.231 e. The number of fused-ring (bicyclic) bond motifs is 1. The van der Waals surface area contributed by atoms with E-state index in [9.17, 15) is 10.2 Å². The van der Waals surface area contributed by atoms with Crippen molar-refractivity contribution in [2.24, 2.45) is 4.99 Å². The number of phenolic OH excluding ortho intramolecular Hbond substituents is 2. The molecule has 0 bridgehead atoms. The number of benzene rings is 3. The van der Waals surface area contributed by atoms with E-state index in [1.165, 1.54) is 12.3 Å². The van der Waals surface area contributed by atoms with Gasteiger partial charge < -0.3 is 19.4 Å². The van der Waals surface area contributed by atoms with Gasteiger partial charge in [-0.25, -0.2) is 4.98 Å². The predicted molar refractivity (Wildman–Crippen MR) is 120 cm³/mol. The average Bonchev–Trinajstić information content (AvgIpc) is 3.13. The third kappa shape index (κ3) is 4.02. The highest BCUT2D eigenvalue weighted by molar-refractivity contribution is 9.10. The number of aliphatic imine (C=N–C) groups is 1. The number of aromatic hydroxyl groups is 2. The second-order valence-corrected chi connectivity index (χ2v) is 7.64. The first-order chi connectivity index (χ1) is 14.4. The Morgan fingerprint density at radius 2 is 1.97 bits per heavy atom. The normalized spacial score (nSPS) is 11.4. The number of hydrogen-bond donors (Lipinski definition) is 2. The maximum absolute atomic E-state index is 10.4. The lowest BCUT2D eigenvalue weighted by molar-refractivity contribution is 0.317. The summed E-state index contributed by atoms with van der Waals surface area (Å²) in [7, 11) is 0. The summed E-state index contributed by atoms with van der Waals surface area (Å²) < 4.78 is 12.0. The number of rotatable bonds is 5. The van der Waals surface area contributed by atoms with Crippen molar-refractivity contribution < 1.29 is 19.4 Å². The van der Waals surface area contributed by atoms with Crippen LogP contribution < -0.4 is 4.74 Å². The summed E-state index contributed by atoms with van der Waals surface area (Å²) in [6.07, 6.45) is 1.54. The van der Waals surface area contributed by atoms with Crippen molar-refractivity contribution in [2.45, 2.75) is 13.8 Å². The summed E-state index contributed by atoms with van der Waals surface area (Å²) in [4.78, 5) is 8.91. The Kier molecular flexibility index (Phi) is 5.46. The van der Waals surface area contributed by atoms with Gasteiger partial charge in [0.15, 0.2) is 17.1 Å². The third-order valence-corrected chi connectivity index (χ3v) is 4.93. The molecule has 152 valence electrons. The van der Waals surface area contributed by atoms with E-state index < -0.39 is 0 Å². The summed E-state index contributed by atoms with van der Waals surface area (Å²) in [5.74, 6) is 0.744. The molecule has 0 saturated heterocycles. The lowest BCUT2D eigenvalue weighted by Crippen LogP contribution is -1.94. The zero-order chi connectivity index (χ0) is 21.3. The minimum Gasteiger partial charge on any atom is -0.507 e. The summed E-state index contributed by atoms with van der Waals surface area (Å²) in [5.41, 5.74) is 3.95. The van der Waals surface area contributed by atoms with E-state index in [1.54, 1.807) is 24.3 Å². The zero-order valence-electron chi connectivity index (χ0n) is 16.4. The number of nitrogens with zero attached hydrogens (tertiary/aromatic N) is 2. The van der Waals surface area contributed by atoms with Gasteiger partial charge in [0.2, 0.25) is 5.89 Å². The van der Waals surface area contributed by atoms with Crippen LogP contribution in [0.3, 0.4) is 0 Å². The number of ether oxygens (including phenoxy) is 1. The quantitative estimate of drug-likeness (QED) is 0.345. The standard InChI is InChI=1S/C23H19BrN2O4/c1-3-29-21-10-15(24)9-14(22(21)28)12-25-16-5-6-19(27)17(11-16)23-26-18-8-13(2)4-7-20(18)30-23/h4-12,27-28H,3H2,1-2H3. The molecule has 0 amide bonds. The topological polar surface area (TPSA) is 88.1 Å². The molecule has 0 saturated carbocycles. The van der Waals surface area contributed by atoms with E-state index in [0.29, 0.717) is 40.6 Å². The second kappa shape index (κ2) is 8.20. The molecule has 0 spiro atoms. The van der Waals surface area contributed by atoms with E-state index in [0.717, 1.165) is 15.6 Å². The van der Waals surface area contributed by atoms with Crippen LogP contribution >= 0.6 is 15.9 Å². The highest BCUT2D eigenvalue weighted by Crippen LogP contribution is 2.36. The van der Waals surface area contributed by atoms with Crippen LogP contribution in [0.2, 0.25) is 0 Å². The third-order valence-electron chi connectivity index (χ3n) is 4.48. The van der Waals surface area contributed by atoms with Crippen LogP contribution in [0.4, 0.5) is 5.69 Å². The van der Waals surface area contributed by atoms with Gasteiger partial charge in [0.25, 0.3) is 0 Å². The fourth-order valence-corrected chi connectivity index (χ4v) is 3.49. The molecular formula is C23H19BrN2O4. The Balaban J connectivity index is 1.70. The lowest BCUT2D eigenvalue weighted by Gasteiger charge is -2.08. The Labute approximate surface area is 181 Å². The van der Waals surface area contributed by atoms with Crippen molar-refractivity contribution in [3.63, 3.8) is 0 Å². The fourth-order valence-electron chi connectivity index (χ4n) is 3.03. The Bertz CT molecular complexity index is 1260. The first-order valence-electron chi connectivity index (χ1n) is 9.34. The summed E-state index contributed by atoms with van der Waals surface area (Å²) in [5, 5.41) is 20.7. The molecule has 3 aromatic carbocycles. The van der Waals surface area contributed by atoms with Gasteiger partial charge in [0, 0.05) is 16.3 Å². The van der Waals surface area contributed by atoms with Gasteiger partial charge in [-0.1, -0.05) is 22.0 Å². The molecule has 30 heavy (non-hydrogen) atoms. The summed E-state index contributed by atoms with van der Waals surface area (Å²) in [6, 6.07) is 14.0. The molecule has 0 aliphatic heterocycles. The van der Waals surface area contributed by atoms with Crippen molar-refractivity contribution in [3.05, 3.63) is 64.1 Å². The van der Waals surface area contributed by atoms with Crippen LogP contribution in [0.15, 0.2) is 62.4 Å². The van der Waals surface area contributed by atoms with Crippen LogP contribution in [-0.2, 0) is 0 Å². The van der Waals surface area contributed by atoms with Crippen molar-refractivity contribution in [1.82, 2.24) is 4.98 Å². The van der Waals surface area contributed by atoms with E-state index in [1.807, 2.05) is 32.0 Å². The van der Waals surface area contributed by atoms with E-state index in [2.05, 4.69) is 25.9 Å². The van der Waals surface area contributed by atoms with Crippen molar-refractivity contribution >= 4 is 38.9 Å².